The van der Waals surface area contributed by atoms with E-state index in [2.05, 4.69) is 18.8 Å². The lowest BCUT2D eigenvalue weighted by Gasteiger charge is -2.27. The van der Waals surface area contributed by atoms with Crippen LogP contribution in [-0.4, -0.2) is 24.4 Å². The van der Waals surface area contributed by atoms with Crippen molar-refractivity contribution in [2.24, 2.45) is 16.5 Å². The number of ether oxygens (including phenoxy) is 1. The van der Waals surface area contributed by atoms with E-state index in [1.54, 1.807) is 0 Å². The van der Waals surface area contributed by atoms with E-state index in [1.165, 1.54) is 0 Å². The van der Waals surface area contributed by atoms with Crippen LogP contribution >= 0.6 is 0 Å². The lowest BCUT2D eigenvalue weighted by molar-refractivity contribution is 0.0666. The van der Waals surface area contributed by atoms with Crippen LogP contribution in [0, 0.1) is 0 Å². The maximum absolute atomic E-state index is 5.69. The summed E-state index contributed by atoms with van der Waals surface area (Å²) < 4.78 is 5.67. The molecule has 0 aromatic carbocycles. The molecule has 15 heavy (non-hydrogen) atoms. The third-order valence-corrected chi connectivity index (χ3v) is 2.85. The van der Waals surface area contributed by atoms with E-state index in [1.807, 2.05) is 6.08 Å². The van der Waals surface area contributed by atoms with E-state index in [9.17, 15) is 0 Å². The quantitative estimate of drug-likeness (QED) is 0.670. The highest BCUT2D eigenvalue weighted by molar-refractivity contribution is 6.03. The number of aliphatic imine (C=N–C) groups is 1. The van der Waals surface area contributed by atoms with E-state index < -0.39 is 0 Å². The second kappa shape index (κ2) is 5.16. The van der Waals surface area contributed by atoms with Gasteiger partial charge >= 0.3 is 0 Å². The Labute approximate surface area is 91.4 Å². The maximum Gasteiger partial charge on any atom is 0.187 e. The highest BCUT2D eigenvalue weighted by Crippen LogP contribution is 2.30. The van der Waals surface area contributed by atoms with E-state index >= 15 is 0 Å². The molecular weight excluding hydrogens is 190 g/mol. The van der Waals surface area contributed by atoms with Crippen LogP contribution in [0.1, 0.15) is 33.1 Å². The molecule has 0 unspecified atom stereocenters. The summed E-state index contributed by atoms with van der Waals surface area (Å²) in [4.78, 5) is 4.51. The van der Waals surface area contributed by atoms with Crippen molar-refractivity contribution in [3.63, 3.8) is 0 Å². The third-order valence-electron chi connectivity index (χ3n) is 2.85. The Kier molecular flexibility index (Phi) is 4.15. The fourth-order valence-electron chi connectivity index (χ4n) is 1.81. The first kappa shape index (κ1) is 12.0. The first-order valence-corrected chi connectivity index (χ1v) is 5.59. The summed E-state index contributed by atoms with van der Waals surface area (Å²) in [6, 6.07) is 0. The predicted octanol–water partition coefficient (Wildman–Crippen LogP) is 1.17. The number of nitrogens with two attached hydrogens (primary N) is 2. The molecule has 0 saturated carbocycles. The molecule has 0 amide bonds. The topological polar surface area (TPSA) is 73.6 Å². The molecule has 0 atom stereocenters. The van der Waals surface area contributed by atoms with Gasteiger partial charge in [-0.1, -0.05) is 13.8 Å². The van der Waals surface area contributed by atoms with Crippen LogP contribution in [0.4, 0.5) is 0 Å². The SMILES string of the molecule is CCC1(CC)OC(N)=CC1=NCCCN. The van der Waals surface area contributed by atoms with Crippen molar-refractivity contribution in [2.75, 3.05) is 13.1 Å². The molecule has 0 bridgehead atoms. The molecule has 4 nitrogen and oxygen atoms in total. The Hall–Kier alpha value is -1.03. The van der Waals surface area contributed by atoms with Crippen molar-refractivity contribution < 1.29 is 4.74 Å². The van der Waals surface area contributed by atoms with E-state index in [0.717, 1.165) is 31.5 Å². The van der Waals surface area contributed by atoms with Crippen molar-refractivity contribution in [3.05, 3.63) is 12.0 Å². The summed E-state index contributed by atoms with van der Waals surface area (Å²) in [5.41, 5.74) is 11.8. The molecule has 4 N–H and O–H groups in total. The van der Waals surface area contributed by atoms with Crippen LogP contribution in [0.2, 0.25) is 0 Å². The smallest absolute Gasteiger partial charge is 0.187 e. The van der Waals surface area contributed by atoms with Gasteiger partial charge in [-0.3, -0.25) is 4.99 Å². The average molecular weight is 211 g/mol. The van der Waals surface area contributed by atoms with Gasteiger partial charge in [0, 0.05) is 12.6 Å². The summed E-state index contributed by atoms with van der Waals surface area (Å²) in [5.74, 6) is 0.477. The van der Waals surface area contributed by atoms with Gasteiger partial charge in [-0.15, -0.1) is 0 Å². The zero-order chi connectivity index (χ0) is 11.3. The van der Waals surface area contributed by atoms with Gasteiger partial charge in [0.15, 0.2) is 11.5 Å². The third kappa shape index (κ3) is 2.50. The van der Waals surface area contributed by atoms with Crippen LogP contribution in [0.5, 0.6) is 0 Å². The second-order valence-corrected chi connectivity index (χ2v) is 3.76. The summed E-state index contributed by atoms with van der Waals surface area (Å²) >= 11 is 0. The van der Waals surface area contributed by atoms with Gasteiger partial charge in [0.25, 0.3) is 0 Å². The molecule has 0 fully saturated rings. The fourth-order valence-corrected chi connectivity index (χ4v) is 1.81. The Morgan fingerprint density at radius 3 is 2.60 bits per heavy atom. The molecule has 1 rings (SSSR count). The molecule has 1 heterocycles. The van der Waals surface area contributed by atoms with Crippen molar-refractivity contribution in [2.45, 2.75) is 38.7 Å². The van der Waals surface area contributed by atoms with Crippen LogP contribution in [0.25, 0.3) is 0 Å². The van der Waals surface area contributed by atoms with Crippen LogP contribution in [-0.2, 0) is 4.74 Å². The summed E-state index contributed by atoms with van der Waals surface area (Å²) in [7, 11) is 0. The monoisotopic (exact) mass is 211 g/mol. The molecule has 4 heteroatoms. The molecule has 0 radical (unpaired) electrons. The van der Waals surface area contributed by atoms with Crippen molar-refractivity contribution in [3.8, 4) is 0 Å². The number of rotatable bonds is 5. The Morgan fingerprint density at radius 2 is 2.07 bits per heavy atom. The van der Waals surface area contributed by atoms with Gasteiger partial charge in [0.2, 0.25) is 0 Å². The largest absolute Gasteiger partial charge is 0.466 e. The molecule has 0 saturated heterocycles. The summed E-state index contributed by atoms with van der Waals surface area (Å²) in [6.07, 6.45) is 4.52. The molecule has 1 aliphatic heterocycles. The van der Waals surface area contributed by atoms with Crippen molar-refractivity contribution in [1.82, 2.24) is 0 Å². The lowest BCUT2D eigenvalue weighted by Crippen LogP contribution is -2.35. The number of nitrogens with zero attached hydrogens (tertiary/aromatic N) is 1. The Balaban J connectivity index is 2.77. The minimum atomic E-state index is -0.293. The average Bonchev–Trinajstić information content (AvgIpc) is 2.56. The standard InChI is InChI=1S/C11H21N3O/c1-3-11(4-2)9(8-10(13)15-11)14-7-5-6-12/h8H,3-7,12-13H2,1-2H3. The highest BCUT2D eigenvalue weighted by atomic mass is 16.5. The Morgan fingerprint density at radius 1 is 1.40 bits per heavy atom. The molecule has 1 aliphatic rings. The van der Waals surface area contributed by atoms with E-state index in [4.69, 9.17) is 16.2 Å². The summed E-state index contributed by atoms with van der Waals surface area (Å²) in [6.45, 7) is 5.60. The first-order valence-electron chi connectivity index (χ1n) is 5.59. The number of hydrogen-bond donors (Lipinski definition) is 2. The number of hydrogen-bond acceptors (Lipinski definition) is 4. The lowest BCUT2D eigenvalue weighted by atomic mass is 9.92. The molecule has 0 aromatic rings. The van der Waals surface area contributed by atoms with Crippen LogP contribution in [0.15, 0.2) is 17.0 Å². The normalized spacial score (nSPS) is 21.5. The molecule has 0 aromatic heterocycles. The van der Waals surface area contributed by atoms with Gasteiger partial charge in [0.05, 0.1) is 5.71 Å². The van der Waals surface area contributed by atoms with Crippen LogP contribution in [0.3, 0.4) is 0 Å². The van der Waals surface area contributed by atoms with E-state index in [-0.39, 0.29) is 5.60 Å². The minimum absolute atomic E-state index is 0.293. The molecule has 0 aliphatic carbocycles. The van der Waals surface area contributed by atoms with Gasteiger partial charge in [-0.05, 0) is 25.8 Å². The fraction of sp³-hybridized carbons (Fsp3) is 0.727. The van der Waals surface area contributed by atoms with Gasteiger partial charge in [-0.2, -0.15) is 0 Å². The predicted molar refractivity (Wildman–Crippen MR) is 62.6 cm³/mol. The highest BCUT2D eigenvalue weighted by Gasteiger charge is 2.38. The first-order chi connectivity index (χ1) is 7.18. The summed E-state index contributed by atoms with van der Waals surface area (Å²) in [5, 5.41) is 0. The zero-order valence-electron chi connectivity index (χ0n) is 9.62. The van der Waals surface area contributed by atoms with Gasteiger partial charge in [0.1, 0.15) is 0 Å². The molecule has 86 valence electrons. The molecular formula is C11H21N3O. The van der Waals surface area contributed by atoms with Crippen LogP contribution < -0.4 is 11.5 Å². The molecule has 0 spiro atoms. The van der Waals surface area contributed by atoms with Crippen molar-refractivity contribution in [1.29, 1.82) is 0 Å². The Bertz CT molecular complexity index is 267. The van der Waals surface area contributed by atoms with Gasteiger partial charge < -0.3 is 16.2 Å². The zero-order valence-corrected chi connectivity index (χ0v) is 9.62. The second-order valence-electron chi connectivity index (χ2n) is 3.76. The van der Waals surface area contributed by atoms with E-state index in [0.29, 0.717) is 12.4 Å². The van der Waals surface area contributed by atoms with Crippen molar-refractivity contribution >= 4 is 5.71 Å². The maximum atomic E-state index is 5.69. The minimum Gasteiger partial charge on any atom is -0.466 e. The van der Waals surface area contributed by atoms with Gasteiger partial charge in [-0.25, -0.2) is 0 Å².